The van der Waals surface area contributed by atoms with Gasteiger partial charge in [0.05, 0.1) is 5.25 Å². The van der Waals surface area contributed by atoms with Gasteiger partial charge in [-0.2, -0.15) is 0 Å². The van der Waals surface area contributed by atoms with Crippen LogP contribution < -0.4 is 0 Å². The van der Waals surface area contributed by atoms with Crippen LogP contribution in [0.15, 0.2) is 30.3 Å². The number of hydrogen-bond donors (Lipinski definition) is 0. The lowest BCUT2D eigenvalue weighted by molar-refractivity contribution is -0.116. The Bertz CT molecular complexity index is 415. The van der Waals surface area contributed by atoms with Gasteiger partial charge in [-0.3, -0.25) is 4.79 Å². The van der Waals surface area contributed by atoms with Crippen molar-refractivity contribution in [2.24, 2.45) is 0 Å². The Labute approximate surface area is 125 Å². The molecule has 0 N–H and O–H groups in total. The van der Waals surface area contributed by atoms with Crippen LogP contribution >= 0.6 is 24.0 Å². The highest BCUT2D eigenvalue weighted by Gasteiger charge is 2.19. The second-order valence-electron chi connectivity index (χ2n) is 4.35. The highest BCUT2D eigenvalue weighted by molar-refractivity contribution is 8.23. The van der Waals surface area contributed by atoms with E-state index in [0.717, 1.165) is 23.8 Å². The van der Waals surface area contributed by atoms with Crippen LogP contribution in [0.5, 0.6) is 0 Å². The van der Waals surface area contributed by atoms with Crippen LogP contribution in [0.3, 0.4) is 0 Å². The maximum absolute atomic E-state index is 11.8. The molecule has 0 saturated carbocycles. The van der Waals surface area contributed by atoms with Crippen molar-refractivity contribution in [3.63, 3.8) is 0 Å². The van der Waals surface area contributed by atoms with Gasteiger partial charge in [-0.15, -0.1) is 0 Å². The number of Topliss-reactive ketones (excluding diaryl/α,β-unsaturated/α-hetero) is 1. The van der Waals surface area contributed by atoms with E-state index in [9.17, 15) is 4.79 Å². The molecule has 0 bridgehead atoms. The van der Waals surface area contributed by atoms with Gasteiger partial charge in [-0.1, -0.05) is 54.3 Å². The SMILES string of the molecule is CCN(CC)C(=S)SC(Cc1ccccc1)C(C)=O. The first-order valence-electron chi connectivity index (χ1n) is 6.58. The summed E-state index contributed by atoms with van der Waals surface area (Å²) in [6.07, 6.45) is 0.738. The third-order valence-corrected chi connectivity index (χ3v) is 4.77. The fraction of sp³-hybridized carbons (Fsp3) is 0.467. The van der Waals surface area contributed by atoms with E-state index in [-0.39, 0.29) is 11.0 Å². The lowest BCUT2D eigenvalue weighted by Crippen LogP contribution is -2.30. The Morgan fingerprint density at radius 3 is 2.32 bits per heavy atom. The number of nitrogens with zero attached hydrogens (tertiary/aromatic N) is 1. The predicted octanol–water partition coefficient (Wildman–Crippen LogP) is 3.55. The average molecular weight is 295 g/mol. The summed E-state index contributed by atoms with van der Waals surface area (Å²) in [5.74, 6) is 0.184. The molecule has 104 valence electrons. The van der Waals surface area contributed by atoms with Crippen LogP contribution in [0.4, 0.5) is 0 Å². The van der Waals surface area contributed by atoms with E-state index in [1.54, 1.807) is 6.92 Å². The van der Waals surface area contributed by atoms with Gasteiger partial charge in [0.1, 0.15) is 10.1 Å². The Morgan fingerprint density at radius 1 is 1.26 bits per heavy atom. The molecule has 0 saturated heterocycles. The topological polar surface area (TPSA) is 20.3 Å². The molecule has 1 atom stereocenters. The second-order valence-corrected chi connectivity index (χ2v) is 6.18. The van der Waals surface area contributed by atoms with E-state index >= 15 is 0 Å². The fourth-order valence-corrected chi connectivity index (χ4v) is 3.47. The average Bonchev–Trinajstić information content (AvgIpc) is 2.40. The molecule has 1 rings (SSSR count). The Balaban J connectivity index is 2.69. The fourth-order valence-electron chi connectivity index (χ4n) is 1.77. The molecule has 0 amide bonds. The molecule has 1 aromatic rings. The number of thiocarbonyl (C=S) groups is 1. The molecule has 19 heavy (non-hydrogen) atoms. The number of carbonyl (C=O) groups excluding carboxylic acids is 1. The number of rotatable bonds is 6. The van der Waals surface area contributed by atoms with Crippen molar-refractivity contribution in [2.45, 2.75) is 32.4 Å². The summed E-state index contributed by atoms with van der Waals surface area (Å²) in [5.41, 5.74) is 1.18. The van der Waals surface area contributed by atoms with Crippen LogP contribution in [0, 0.1) is 0 Å². The first-order valence-corrected chi connectivity index (χ1v) is 7.87. The molecule has 0 heterocycles. The van der Waals surface area contributed by atoms with E-state index in [1.165, 1.54) is 17.3 Å². The standard InChI is InChI=1S/C15H21NOS2/c1-4-16(5-2)15(18)19-14(12(3)17)11-13-9-7-6-8-10-13/h6-10,14H,4-5,11H2,1-3H3. The van der Waals surface area contributed by atoms with Gasteiger partial charge in [0.15, 0.2) is 0 Å². The van der Waals surface area contributed by atoms with Crippen molar-refractivity contribution in [3.05, 3.63) is 35.9 Å². The molecular formula is C15H21NOS2. The van der Waals surface area contributed by atoms with Gasteiger partial charge in [0, 0.05) is 13.1 Å². The summed E-state index contributed by atoms with van der Waals surface area (Å²) in [4.78, 5) is 13.9. The zero-order valence-electron chi connectivity index (χ0n) is 11.8. The monoisotopic (exact) mass is 295 g/mol. The predicted molar refractivity (Wildman–Crippen MR) is 87.7 cm³/mol. The summed E-state index contributed by atoms with van der Waals surface area (Å²) in [7, 11) is 0. The molecule has 1 aromatic carbocycles. The van der Waals surface area contributed by atoms with Gasteiger partial charge in [-0.05, 0) is 32.8 Å². The Morgan fingerprint density at radius 2 is 1.84 bits per heavy atom. The molecule has 4 heteroatoms. The quantitative estimate of drug-likeness (QED) is 0.748. The summed E-state index contributed by atoms with van der Waals surface area (Å²) < 4.78 is 0.820. The van der Waals surface area contributed by atoms with Crippen LogP contribution in [0.25, 0.3) is 0 Å². The number of thioether (sulfide) groups is 1. The third-order valence-electron chi connectivity index (χ3n) is 2.98. The normalized spacial score (nSPS) is 11.9. The van der Waals surface area contributed by atoms with E-state index in [1.807, 2.05) is 18.2 Å². The van der Waals surface area contributed by atoms with E-state index in [2.05, 4.69) is 30.9 Å². The highest BCUT2D eigenvalue weighted by atomic mass is 32.2. The molecule has 0 aliphatic carbocycles. The minimum atomic E-state index is -0.0875. The second kappa shape index (κ2) is 8.33. The van der Waals surface area contributed by atoms with Crippen molar-refractivity contribution in [3.8, 4) is 0 Å². The molecule has 0 aromatic heterocycles. The molecule has 1 unspecified atom stereocenters. The van der Waals surface area contributed by atoms with Crippen molar-refractivity contribution < 1.29 is 4.79 Å². The zero-order valence-corrected chi connectivity index (χ0v) is 13.4. The van der Waals surface area contributed by atoms with Crippen molar-refractivity contribution in [1.82, 2.24) is 4.90 Å². The Kier molecular flexibility index (Phi) is 7.10. The van der Waals surface area contributed by atoms with E-state index < -0.39 is 0 Å². The number of carbonyl (C=O) groups is 1. The number of ketones is 1. The van der Waals surface area contributed by atoms with Crippen LogP contribution in [-0.4, -0.2) is 33.3 Å². The molecule has 0 spiro atoms. The summed E-state index contributed by atoms with van der Waals surface area (Å²) in [6.45, 7) is 7.58. The molecule has 0 fully saturated rings. The minimum Gasteiger partial charge on any atom is -0.358 e. The van der Waals surface area contributed by atoms with E-state index in [4.69, 9.17) is 12.2 Å². The number of hydrogen-bond acceptors (Lipinski definition) is 3. The minimum absolute atomic E-state index is 0.0875. The van der Waals surface area contributed by atoms with Gasteiger partial charge in [0.25, 0.3) is 0 Å². The highest BCUT2D eigenvalue weighted by Crippen LogP contribution is 2.21. The van der Waals surface area contributed by atoms with Gasteiger partial charge < -0.3 is 4.90 Å². The summed E-state index contributed by atoms with van der Waals surface area (Å²) >= 11 is 6.93. The molecule has 0 aliphatic heterocycles. The van der Waals surface area contributed by atoms with Gasteiger partial charge >= 0.3 is 0 Å². The lowest BCUT2D eigenvalue weighted by atomic mass is 10.1. The number of benzene rings is 1. The van der Waals surface area contributed by atoms with Crippen LogP contribution in [0.1, 0.15) is 26.3 Å². The van der Waals surface area contributed by atoms with Gasteiger partial charge in [-0.25, -0.2) is 0 Å². The lowest BCUT2D eigenvalue weighted by Gasteiger charge is -2.23. The third kappa shape index (κ3) is 5.33. The maximum atomic E-state index is 11.8. The smallest absolute Gasteiger partial charge is 0.143 e. The molecular weight excluding hydrogens is 274 g/mol. The van der Waals surface area contributed by atoms with Crippen LogP contribution in [0.2, 0.25) is 0 Å². The van der Waals surface area contributed by atoms with Crippen molar-refractivity contribution >= 4 is 34.1 Å². The van der Waals surface area contributed by atoms with Crippen molar-refractivity contribution in [2.75, 3.05) is 13.1 Å². The molecule has 2 nitrogen and oxygen atoms in total. The first kappa shape index (κ1) is 16.2. The summed E-state index contributed by atoms with van der Waals surface area (Å²) in [6, 6.07) is 10.1. The van der Waals surface area contributed by atoms with E-state index in [0.29, 0.717) is 0 Å². The largest absolute Gasteiger partial charge is 0.358 e. The van der Waals surface area contributed by atoms with Crippen molar-refractivity contribution in [1.29, 1.82) is 0 Å². The Hall–Kier alpha value is -0.870. The zero-order chi connectivity index (χ0) is 14.3. The molecule has 0 aliphatic rings. The first-order chi connectivity index (χ1) is 9.08. The maximum Gasteiger partial charge on any atom is 0.143 e. The summed E-state index contributed by atoms with van der Waals surface area (Å²) in [5, 5.41) is -0.0875. The van der Waals surface area contributed by atoms with Crippen LogP contribution in [-0.2, 0) is 11.2 Å². The van der Waals surface area contributed by atoms with Gasteiger partial charge in [0.2, 0.25) is 0 Å². The molecule has 0 radical (unpaired) electrons.